The Labute approximate surface area is 152 Å². The van der Waals surface area contributed by atoms with E-state index in [1.165, 1.54) is 0 Å². The van der Waals surface area contributed by atoms with Crippen molar-refractivity contribution < 1.29 is 19.1 Å². The van der Waals surface area contributed by atoms with E-state index in [0.717, 1.165) is 5.56 Å². The second-order valence-electron chi connectivity index (χ2n) is 6.09. The first-order chi connectivity index (χ1) is 12.6. The number of benzene rings is 2. The first-order valence-electron chi connectivity index (χ1n) is 8.62. The minimum Gasteiger partial charge on any atom is -0.491 e. The average Bonchev–Trinajstić information content (AvgIpc) is 2.80. The molecule has 1 aliphatic heterocycles. The maximum atomic E-state index is 12.6. The number of anilines is 1. The highest BCUT2D eigenvalue weighted by molar-refractivity contribution is 6.00. The molecule has 0 unspecified atom stereocenters. The van der Waals surface area contributed by atoms with Gasteiger partial charge in [-0.25, -0.2) is 0 Å². The summed E-state index contributed by atoms with van der Waals surface area (Å²) in [7, 11) is 0. The van der Waals surface area contributed by atoms with Crippen LogP contribution >= 0.6 is 0 Å². The van der Waals surface area contributed by atoms with Gasteiger partial charge in [0.15, 0.2) is 6.61 Å². The van der Waals surface area contributed by atoms with Crippen LogP contribution < -0.4 is 14.8 Å². The Morgan fingerprint density at radius 3 is 2.73 bits per heavy atom. The number of nitrogens with zero attached hydrogens (tertiary/aromatic N) is 1. The van der Waals surface area contributed by atoms with Gasteiger partial charge in [0.25, 0.3) is 11.8 Å². The SMILES string of the molecule is CCN1CCOc2ccc(NC(=O)COc3ccc(C)cc3)cc2C1=O. The zero-order valence-electron chi connectivity index (χ0n) is 15.0. The number of fused-ring (bicyclic) bond motifs is 1. The van der Waals surface area contributed by atoms with E-state index < -0.39 is 0 Å². The third-order valence-corrected chi connectivity index (χ3v) is 4.17. The molecule has 0 spiro atoms. The number of nitrogens with one attached hydrogen (secondary N) is 1. The van der Waals surface area contributed by atoms with E-state index in [9.17, 15) is 9.59 Å². The Bertz CT molecular complexity index is 802. The third-order valence-electron chi connectivity index (χ3n) is 4.17. The lowest BCUT2D eigenvalue weighted by Crippen LogP contribution is -2.32. The van der Waals surface area contributed by atoms with Crippen molar-refractivity contribution in [2.45, 2.75) is 13.8 Å². The van der Waals surface area contributed by atoms with Gasteiger partial charge < -0.3 is 19.7 Å². The second-order valence-corrected chi connectivity index (χ2v) is 6.09. The number of hydrogen-bond donors (Lipinski definition) is 1. The van der Waals surface area contributed by atoms with Gasteiger partial charge in [0.1, 0.15) is 18.1 Å². The summed E-state index contributed by atoms with van der Waals surface area (Å²) in [6.07, 6.45) is 0. The zero-order valence-corrected chi connectivity index (χ0v) is 15.0. The molecule has 0 aliphatic carbocycles. The largest absolute Gasteiger partial charge is 0.491 e. The van der Waals surface area contributed by atoms with Crippen molar-refractivity contribution in [3.63, 3.8) is 0 Å². The van der Waals surface area contributed by atoms with Crippen molar-refractivity contribution in [3.8, 4) is 11.5 Å². The molecule has 0 atom stereocenters. The summed E-state index contributed by atoms with van der Waals surface area (Å²) < 4.78 is 11.1. The van der Waals surface area contributed by atoms with Crippen LogP contribution in [0.25, 0.3) is 0 Å². The molecule has 1 heterocycles. The topological polar surface area (TPSA) is 67.9 Å². The summed E-state index contributed by atoms with van der Waals surface area (Å²) in [6.45, 7) is 5.43. The Balaban J connectivity index is 1.65. The van der Waals surface area contributed by atoms with Crippen LogP contribution in [-0.2, 0) is 4.79 Å². The molecular formula is C20H22N2O4. The van der Waals surface area contributed by atoms with Gasteiger partial charge in [0, 0.05) is 12.2 Å². The summed E-state index contributed by atoms with van der Waals surface area (Å²) >= 11 is 0. The Morgan fingerprint density at radius 2 is 2.00 bits per heavy atom. The van der Waals surface area contributed by atoms with Gasteiger partial charge in [-0.05, 0) is 44.2 Å². The Hall–Kier alpha value is -3.02. The number of ether oxygens (including phenoxy) is 2. The van der Waals surface area contributed by atoms with Gasteiger partial charge in [0.05, 0.1) is 12.1 Å². The van der Waals surface area contributed by atoms with Gasteiger partial charge in [0.2, 0.25) is 0 Å². The summed E-state index contributed by atoms with van der Waals surface area (Å²) in [5, 5.41) is 2.76. The van der Waals surface area contributed by atoms with E-state index in [1.807, 2.05) is 38.1 Å². The van der Waals surface area contributed by atoms with Crippen LogP contribution in [0.4, 0.5) is 5.69 Å². The predicted molar refractivity (Wildman–Crippen MR) is 98.8 cm³/mol. The minimum absolute atomic E-state index is 0.0907. The molecule has 3 rings (SSSR count). The summed E-state index contributed by atoms with van der Waals surface area (Å²) in [4.78, 5) is 26.4. The van der Waals surface area contributed by atoms with Gasteiger partial charge in [-0.2, -0.15) is 0 Å². The number of carbonyl (C=O) groups is 2. The van der Waals surface area contributed by atoms with E-state index in [2.05, 4.69) is 5.32 Å². The fourth-order valence-corrected chi connectivity index (χ4v) is 2.72. The van der Waals surface area contributed by atoms with Crippen LogP contribution in [0.2, 0.25) is 0 Å². The van der Waals surface area contributed by atoms with Crippen LogP contribution in [0.3, 0.4) is 0 Å². The van der Waals surface area contributed by atoms with Crippen LogP contribution in [0.1, 0.15) is 22.8 Å². The van der Waals surface area contributed by atoms with Crippen molar-refractivity contribution >= 4 is 17.5 Å². The van der Waals surface area contributed by atoms with Crippen molar-refractivity contribution in [2.75, 3.05) is 31.6 Å². The van der Waals surface area contributed by atoms with Crippen LogP contribution in [0.5, 0.6) is 11.5 Å². The van der Waals surface area contributed by atoms with Crippen LogP contribution in [0, 0.1) is 6.92 Å². The highest BCUT2D eigenvalue weighted by atomic mass is 16.5. The summed E-state index contributed by atoms with van der Waals surface area (Å²) in [6, 6.07) is 12.6. The molecular weight excluding hydrogens is 332 g/mol. The number of rotatable bonds is 5. The molecule has 0 radical (unpaired) electrons. The lowest BCUT2D eigenvalue weighted by atomic mass is 10.1. The standard InChI is InChI=1S/C20H22N2O4/c1-3-22-10-11-25-18-9-6-15(12-17(18)20(22)24)21-19(23)13-26-16-7-4-14(2)5-8-16/h4-9,12H,3,10-11,13H2,1-2H3,(H,21,23). The molecule has 0 fully saturated rings. The molecule has 0 bridgehead atoms. The first kappa shape index (κ1) is 17.8. The lowest BCUT2D eigenvalue weighted by molar-refractivity contribution is -0.118. The number of carbonyl (C=O) groups excluding carboxylic acids is 2. The molecule has 2 aromatic rings. The predicted octanol–water partition coefficient (Wildman–Crippen LogP) is 2.87. The second kappa shape index (κ2) is 7.91. The monoisotopic (exact) mass is 354 g/mol. The number of hydrogen-bond acceptors (Lipinski definition) is 4. The lowest BCUT2D eigenvalue weighted by Gasteiger charge is -2.17. The number of amides is 2. The quantitative estimate of drug-likeness (QED) is 0.896. The zero-order chi connectivity index (χ0) is 18.5. The Kier molecular flexibility index (Phi) is 5.41. The van der Waals surface area contributed by atoms with Crippen molar-refractivity contribution in [2.24, 2.45) is 0 Å². The van der Waals surface area contributed by atoms with Crippen molar-refractivity contribution in [3.05, 3.63) is 53.6 Å². The highest BCUT2D eigenvalue weighted by Gasteiger charge is 2.23. The molecule has 136 valence electrons. The molecule has 1 aliphatic rings. The Morgan fingerprint density at radius 1 is 1.23 bits per heavy atom. The summed E-state index contributed by atoms with van der Waals surface area (Å²) in [5.74, 6) is 0.793. The molecule has 26 heavy (non-hydrogen) atoms. The minimum atomic E-state index is -0.292. The first-order valence-corrected chi connectivity index (χ1v) is 8.62. The summed E-state index contributed by atoms with van der Waals surface area (Å²) in [5.41, 5.74) is 2.12. The molecule has 0 aromatic heterocycles. The van der Waals surface area contributed by atoms with Gasteiger partial charge >= 0.3 is 0 Å². The van der Waals surface area contributed by atoms with Gasteiger partial charge in [-0.15, -0.1) is 0 Å². The average molecular weight is 354 g/mol. The molecule has 1 N–H and O–H groups in total. The van der Waals surface area contributed by atoms with E-state index in [4.69, 9.17) is 9.47 Å². The van der Waals surface area contributed by atoms with Crippen molar-refractivity contribution in [1.29, 1.82) is 0 Å². The smallest absolute Gasteiger partial charge is 0.262 e. The van der Waals surface area contributed by atoms with Gasteiger partial charge in [-0.3, -0.25) is 9.59 Å². The number of likely N-dealkylation sites (N-methyl/N-ethyl adjacent to an activating group) is 1. The van der Waals surface area contributed by atoms with E-state index in [1.54, 1.807) is 23.1 Å². The third kappa shape index (κ3) is 4.14. The van der Waals surface area contributed by atoms with E-state index in [0.29, 0.717) is 42.4 Å². The molecule has 0 saturated heterocycles. The fourth-order valence-electron chi connectivity index (χ4n) is 2.72. The molecule has 2 aromatic carbocycles. The highest BCUT2D eigenvalue weighted by Crippen LogP contribution is 2.26. The molecule has 0 saturated carbocycles. The van der Waals surface area contributed by atoms with Gasteiger partial charge in [-0.1, -0.05) is 17.7 Å². The van der Waals surface area contributed by atoms with Crippen molar-refractivity contribution in [1.82, 2.24) is 4.90 Å². The maximum absolute atomic E-state index is 12.6. The van der Waals surface area contributed by atoms with E-state index in [-0.39, 0.29) is 18.4 Å². The molecule has 2 amide bonds. The van der Waals surface area contributed by atoms with Crippen LogP contribution in [0.15, 0.2) is 42.5 Å². The maximum Gasteiger partial charge on any atom is 0.262 e. The molecule has 6 heteroatoms. The van der Waals surface area contributed by atoms with Crippen LogP contribution in [-0.4, -0.2) is 43.0 Å². The normalized spacial score (nSPS) is 13.5. The van der Waals surface area contributed by atoms with E-state index >= 15 is 0 Å². The fraction of sp³-hybridized carbons (Fsp3) is 0.300. The number of aryl methyl sites for hydroxylation is 1. The molecule has 6 nitrogen and oxygen atoms in total.